The van der Waals surface area contributed by atoms with Crippen molar-refractivity contribution in [2.24, 2.45) is 5.92 Å². The number of benzene rings is 3. The number of hydrogen-bond donors (Lipinski definition) is 0. The minimum absolute atomic E-state index is 0.615. The van der Waals surface area contributed by atoms with Crippen LogP contribution < -0.4 is 9.47 Å². The van der Waals surface area contributed by atoms with E-state index in [0.29, 0.717) is 10.9 Å². The second-order valence-corrected chi connectivity index (χ2v) is 11.7. The number of rotatable bonds is 11. The first kappa shape index (κ1) is 27.7. The summed E-state index contributed by atoms with van der Waals surface area (Å²) in [6, 6.07) is 24.2. The monoisotopic (exact) mass is 560 g/mol. The number of aromatic nitrogens is 1. The van der Waals surface area contributed by atoms with Crippen molar-refractivity contribution in [3.8, 4) is 38.3 Å². The van der Waals surface area contributed by atoms with E-state index in [9.17, 15) is 0 Å². The molecule has 1 aliphatic rings. The topological polar surface area (TPSA) is 34.6 Å². The molecule has 5 rings (SSSR count). The summed E-state index contributed by atoms with van der Waals surface area (Å²) < 4.78 is 12.2. The zero-order chi connectivity index (χ0) is 27.0. The fraction of sp³-hybridized carbons (Fsp3) is 0.364. The average molecular weight is 561 g/mol. The van der Waals surface area contributed by atoms with Gasteiger partial charge in [0.25, 0.3) is 0 Å². The van der Waals surface area contributed by atoms with Gasteiger partial charge >= 0.3 is 0 Å². The third kappa shape index (κ3) is 7.42. The smallest absolute Gasteiger partial charge is 0.127 e. The maximum Gasteiger partial charge on any atom is 0.127 e. The summed E-state index contributed by atoms with van der Waals surface area (Å²) in [4.78, 5) is 8.84. The van der Waals surface area contributed by atoms with Gasteiger partial charge in [0.05, 0.1) is 17.2 Å². The molecule has 1 unspecified atom stereocenters. The molecule has 0 radical (unpaired) electrons. The van der Waals surface area contributed by atoms with E-state index >= 15 is 0 Å². The number of likely N-dealkylation sites (tertiary alicyclic amines) is 1. The lowest BCUT2D eigenvalue weighted by atomic mass is 9.99. The first-order valence-corrected chi connectivity index (χ1v) is 15.3. The van der Waals surface area contributed by atoms with Crippen LogP contribution in [0.5, 0.6) is 17.2 Å². The number of aryl methyl sites for hydroxylation is 1. The molecule has 0 saturated carbocycles. The Morgan fingerprint density at radius 1 is 0.897 bits per heavy atom. The highest BCUT2D eigenvalue weighted by Crippen LogP contribution is 2.38. The summed E-state index contributed by atoms with van der Waals surface area (Å²) in [5.74, 6) is 3.12. The normalized spacial score (nSPS) is 15.8. The Kier molecular flexibility index (Phi) is 9.57. The van der Waals surface area contributed by atoms with E-state index in [2.05, 4.69) is 55.1 Å². The number of ether oxygens (including phenoxy) is 2. The lowest BCUT2D eigenvalue weighted by molar-refractivity contribution is 0.135. The first-order valence-electron chi connectivity index (χ1n) is 14.1. The van der Waals surface area contributed by atoms with Crippen LogP contribution in [-0.2, 0) is 6.42 Å². The third-order valence-electron chi connectivity index (χ3n) is 7.27. The highest BCUT2D eigenvalue weighted by molar-refractivity contribution is 7.18. The number of nitrogens with zero attached hydrogens (tertiary/aromatic N) is 2. The van der Waals surface area contributed by atoms with Gasteiger partial charge in [0.2, 0.25) is 0 Å². The van der Waals surface area contributed by atoms with E-state index in [4.69, 9.17) is 26.1 Å². The molecule has 1 aromatic heterocycles. The summed E-state index contributed by atoms with van der Waals surface area (Å²) in [7, 11) is 0. The van der Waals surface area contributed by atoms with Crippen LogP contribution in [0, 0.1) is 5.92 Å². The van der Waals surface area contributed by atoms with Gasteiger partial charge in [-0.2, -0.15) is 0 Å². The predicted molar refractivity (Wildman–Crippen MR) is 163 cm³/mol. The summed E-state index contributed by atoms with van der Waals surface area (Å²) >= 11 is 7.75. The zero-order valence-electron chi connectivity index (χ0n) is 22.9. The maximum absolute atomic E-state index is 6.18. The molecule has 4 nitrogen and oxygen atoms in total. The molecule has 204 valence electrons. The van der Waals surface area contributed by atoms with Crippen LogP contribution in [0.15, 0.2) is 72.8 Å². The molecule has 39 heavy (non-hydrogen) atoms. The lowest BCUT2D eigenvalue weighted by Crippen LogP contribution is -2.37. The fourth-order valence-corrected chi connectivity index (χ4v) is 6.26. The Hall–Kier alpha value is -2.86. The summed E-state index contributed by atoms with van der Waals surface area (Å²) in [6.07, 6.45) is 5.76. The molecule has 3 aromatic carbocycles. The van der Waals surface area contributed by atoms with Crippen LogP contribution in [0.2, 0.25) is 5.02 Å². The van der Waals surface area contributed by atoms with Gasteiger partial charge in [-0.25, -0.2) is 4.98 Å². The van der Waals surface area contributed by atoms with Crippen molar-refractivity contribution in [2.75, 3.05) is 26.2 Å². The summed E-state index contributed by atoms with van der Waals surface area (Å²) in [5.41, 5.74) is 3.47. The zero-order valence-corrected chi connectivity index (χ0v) is 24.4. The van der Waals surface area contributed by atoms with Crippen molar-refractivity contribution < 1.29 is 9.47 Å². The number of thiazole rings is 1. The second kappa shape index (κ2) is 13.5. The minimum atomic E-state index is 0.615. The molecule has 0 spiro atoms. The van der Waals surface area contributed by atoms with E-state index in [1.54, 1.807) is 11.3 Å². The molecule has 0 bridgehead atoms. The van der Waals surface area contributed by atoms with Crippen molar-refractivity contribution in [1.82, 2.24) is 9.88 Å². The molecule has 1 fully saturated rings. The van der Waals surface area contributed by atoms with Gasteiger partial charge in [-0.15, -0.1) is 11.3 Å². The summed E-state index contributed by atoms with van der Waals surface area (Å²) in [6.45, 7) is 8.75. The molecule has 1 atom stereocenters. The molecular weight excluding hydrogens is 524 g/mol. The van der Waals surface area contributed by atoms with Gasteiger partial charge in [-0.05, 0) is 117 Å². The molecule has 0 N–H and O–H groups in total. The van der Waals surface area contributed by atoms with Crippen molar-refractivity contribution in [3.63, 3.8) is 0 Å². The van der Waals surface area contributed by atoms with Gasteiger partial charge < -0.3 is 14.4 Å². The van der Waals surface area contributed by atoms with E-state index in [1.807, 2.05) is 36.4 Å². The molecule has 1 aliphatic heterocycles. The van der Waals surface area contributed by atoms with Crippen LogP contribution in [0.4, 0.5) is 0 Å². The van der Waals surface area contributed by atoms with Crippen LogP contribution in [0.1, 0.15) is 45.2 Å². The van der Waals surface area contributed by atoms with Crippen molar-refractivity contribution in [2.45, 2.75) is 46.0 Å². The van der Waals surface area contributed by atoms with Crippen molar-refractivity contribution in [3.05, 3.63) is 83.5 Å². The second-order valence-electron chi connectivity index (χ2n) is 10.2. The standard InChI is InChI=1S/C33H37ClN2O2S/c1-3-5-8-31-32(25-9-17-29(18-10-25)38-30-19-13-27(34)14-20-30)39-33(35-31)26-11-15-28(16-12-26)37-23-24-7-6-21-36(4-2)22-24/h9-20,24H,3-8,21-23H2,1-2H3. The van der Waals surface area contributed by atoms with Gasteiger partial charge in [0.15, 0.2) is 0 Å². The van der Waals surface area contributed by atoms with Crippen LogP contribution in [0.3, 0.4) is 0 Å². The highest BCUT2D eigenvalue weighted by Gasteiger charge is 2.19. The van der Waals surface area contributed by atoms with Crippen LogP contribution in [-0.4, -0.2) is 36.1 Å². The molecule has 2 heterocycles. The SMILES string of the molecule is CCCCc1nc(-c2ccc(OCC3CCCN(CC)C3)cc2)sc1-c1ccc(Oc2ccc(Cl)cc2)cc1. The first-order chi connectivity index (χ1) is 19.1. The highest BCUT2D eigenvalue weighted by atomic mass is 35.5. The van der Waals surface area contributed by atoms with Crippen molar-refractivity contribution >= 4 is 22.9 Å². The Morgan fingerprint density at radius 3 is 2.26 bits per heavy atom. The Labute approximate surface area is 241 Å². The molecule has 0 amide bonds. The minimum Gasteiger partial charge on any atom is -0.493 e. The maximum atomic E-state index is 6.18. The van der Waals surface area contributed by atoms with Gasteiger partial charge in [0, 0.05) is 23.0 Å². The van der Waals surface area contributed by atoms with E-state index in [-0.39, 0.29) is 0 Å². The van der Waals surface area contributed by atoms with Crippen LogP contribution >= 0.6 is 22.9 Å². The Balaban J connectivity index is 1.28. The number of hydrogen-bond acceptors (Lipinski definition) is 5. The molecule has 0 aliphatic carbocycles. The van der Waals surface area contributed by atoms with Gasteiger partial charge in [-0.3, -0.25) is 0 Å². The predicted octanol–water partition coefficient (Wildman–Crippen LogP) is 9.38. The molecule has 1 saturated heterocycles. The lowest BCUT2D eigenvalue weighted by Gasteiger charge is -2.31. The number of unbranched alkanes of at least 4 members (excludes halogenated alkanes) is 1. The fourth-order valence-electron chi connectivity index (χ4n) is 5.01. The summed E-state index contributed by atoms with van der Waals surface area (Å²) in [5, 5.41) is 1.75. The van der Waals surface area contributed by atoms with Gasteiger partial charge in [-0.1, -0.05) is 31.9 Å². The third-order valence-corrected chi connectivity index (χ3v) is 8.72. The molecule has 4 aromatic rings. The average Bonchev–Trinajstić information content (AvgIpc) is 3.41. The molecule has 6 heteroatoms. The van der Waals surface area contributed by atoms with Gasteiger partial charge in [0.1, 0.15) is 22.3 Å². The Morgan fingerprint density at radius 2 is 1.56 bits per heavy atom. The number of halogens is 1. The van der Waals surface area contributed by atoms with Crippen molar-refractivity contribution in [1.29, 1.82) is 0 Å². The Bertz CT molecular complexity index is 1320. The van der Waals surface area contributed by atoms with E-state index < -0.39 is 0 Å². The van der Waals surface area contributed by atoms with Crippen LogP contribution in [0.25, 0.3) is 21.0 Å². The largest absolute Gasteiger partial charge is 0.493 e. The van der Waals surface area contributed by atoms with E-state index in [0.717, 1.165) is 66.8 Å². The number of piperidine rings is 1. The quantitative estimate of drug-likeness (QED) is 0.183. The molecular formula is C33H37ClN2O2S. The van der Waals surface area contributed by atoms with E-state index in [1.165, 1.54) is 35.5 Å².